The number of hydrogen-bond donors (Lipinski definition) is 2. The van der Waals surface area contributed by atoms with Crippen LogP contribution in [-0.4, -0.2) is 0 Å². The SMILES string of the molecule is Cc1cc(NCc2ccc(Cl)s2)c(N)cc1F. The van der Waals surface area contributed by atoms with Crippen LogP contribution in [0.5, 0.6) is 0 Å². The van der Waals surface area contributed by atoms with Crippen molar-refractivity contribution in [3.05, 3.63) is 44.9 Å². The number of halogens is 2. The highest BCUT2D eigenvalue weighted by atomic mass is 35.5. The van der Waals surface area contributed by atoms with Gasteiger partial charge in [0, 0.05) is 11.4 Å². The second-order valence-corrected chi connectivity index (χ2v) is 5.55. The summed E-state index contributed by atoms with van der Waals surface area (Å²) < 4.78 is 14.0. The molecule has 0 aliphatic carbocycles. The van der Waals surface area contributed by atoms with Gasteiger partial charge in [-0.3, -0.25) is 0 Å². The fourth-order valence-corrected chi connectivity index (χ4v) is 2.51. The number of hydrogen-bond acceptors (Lipinski definition) is 3. The number of rotatable bonds is 3. The molecule has 0 amide bonds. The molecule has 2 nitrogen and oxygen atoms in total. The van der Waals surface area contributed by atoms with Crippen LogP contribution in [-0.2, 0) is 6.54 Å². The van der Waals surface area contributed by atoms with E-state index in [0.717, 1.165) is 14.9 Å². The van der Waals surface area contributed by atoms with Gasteiger partial charge in [0.25, 0.3) is 0 Å². The lowest BCUT2D eigenvalue weighted by molar-refractivity contribution is 0.619. The van der Waals surface area contributed by atoms with Crippen molar-refractivity contribution in [1.82, 2.24) is 0 Å². The molecule has 1 aromatic carbocycles. The molecule has 1 aromatic heterocycles. The molecule has 0 spiro atoms. The number of nitrogens with two attached hydrogens (primary N) is 1. The Morgan fingerprint density at radius 1 is 1.41 bits per heavy atom. The Bertz CT molecular complexity index is 539. The summed E-state index contributed by atoms with van der Waals surface area (Å²) in [6.45, 7) is 2.34. The minimum Gasteiger partial charge on any atom is -0.397 e. The van der Waals surface area contributed by atoms with Gasteiger partial charge in [-0.05, 0) is 36.8 Å². The first-order valence-electron chi connectivity index (χ1n) is 5.10. The molecule has 1 heterocycles. The largest absolute Gasteiger partial charge is 0.397 e. The Balaban J connectivity index is 2.11. The van der Waals surface area contributed by atoms with Crippen LogP contribution in [0.4, 0.5) is 15.8 Å². The fraction of sp³-hybridized carbons (Fsp3) is 0.167. The maximum atomic E-state index is 13.2. The summed E-state index contributed by atoms with van der Waals surface area (Å²) in [4.78, 5) is 1.11. The number of nitrogens with one attached hydrogen (secondary N) is 1. The molecule has 90 valence electrons. The number of aryl methyl sites for hydroxylation is 1. The van der Waals surface area contributed by atoms with E-state index in [1.807, 2.05) is 12.1 Å². The maximum Gasteiger partial charge on any atom is 0.128 e. The number of benzene rings is 1. The van der Waals surface area contributed by atoms with Crippen molar-refractivity contribution in [2.75, 3.05) is 11.1 Å². The summed E-state index contributed by atoms with van der Waals surface area (Å²) in [5.41, 5.74) is 7.47. The van der Waals surface area contributed by atoms with Crippen molar-refractivity contribution in [3.63, 3.8) is 0 Å². The Kier molecular flexibility index (Phi) is 3.54. The predicted octanol–water partition coefficient (Wildman–Crippen LogP) is 4.04. The van der Waals surface area contributed by atoms with Crippen molar-refractivity contribution >= 4 is 34.3 Å². The molecule has 0 fully saturated rings. The molecule has 2 rings (SSSR count). The van der Waals surface area contributed by atoms with E-state index in [-0.39, 0.29) is 5.82 Å². The highest BCUT2D eigenvalue weighted by molar-refractivity contribution is 7.16. The van der Waals surface area contributed by atoms with Gasteiger partial charge in [0.2, 0.25) is 0 Å². The molecule has 3 N–H and O–H groups in total. The molecule has 0 atom stereocenters. The summed E-state index contributed by atoms with van der Waals surface area (Å²) in [7, 11) is 0. The van der Waals surface area contributed by atoms with Gasteiger partial charge in [-0.25, -0.2) is 4.39 Å². The van der Waals surface area contributed by atoms with E-state index in [0.29, 0.717) is 17.8 Å². The fourth-order valence-electron chi connectivity index (χ4n) is 1.48. The van der Waals surface area contributed by atoms with Gasteiger partial charge < -0.3 is 11.1 Å². The van der Waals surface area contributed by atoms with Gasteiger partial charge >= 0.3 is 0 Å². The van der Waals surface area contributed by atoms with E-state index in [1.54, 1.807) is 13.0 Å². The zero-order chi connectivity index (χ0) is 12.4. The molecule has 0 saturated carbocycles. The van der Waals surface area contributed by atoms with Crippen LogP contribution in [0.2, 0.25) is 4.34 Å². The number of anilines is 2. The predicted molar refractivity (Wildman–Crippen MR) is 72.2 cm³/mol. The Hall–Kier alpha value is -1.26. The van der Waals surface area contributed by atoms with E-state index >= 15 is 0 Å². The van der Waals surface area contributed by atoms with Crippen molar-refractivity contribution in [2.45, 2.75) is 13.5 Å². The zero-order valence-corrected chi connectivity index (χ0v) is 10.8. The summed E-state index contributed by atoms with van der Waals surface area (Å²) in [6, 6.07) is 6.84. The lowest BCUT2D eigenvalue weighted by Gasteiger charge is -2.09. The van der Waals surface area contributed by atoms with Crippen LogP contribution in [0.25, 0.3) is 0 Å². The molecule has 5 heteroatoms. The van der Waals surface area contributed by atoms with E-state index in [4.69, 9.17) is 17.3 Å². The molecular weight excluding hydrogens is 259 g/mol. The van der Waals surface area contributed by atoms with Crippen LogP contribution in [0.15, 0.2) is 24.3 Å². The molecule has 0 bridgehead atoms. The van der Waals surface area contributed by atoms with Gasteiger partial charge in [0.1, 0.15) is 5.82 Å². The third kappa shape index (κ3) is 2.90. The third-order valence-corrected chi connectivity index (χ3v) is 3.64. The van der Waals surface area contributed by atoms with Crippen molar-refractivity contribution in [3.8, 4) is 0 Å². The molecule has 0 saturated heterocycles. The van der Waals surface area contributed by atoms with E-state index in [2.05, 4.69) is 5.32 Å². The minimum atomic E-state index is -0.285. The van der Waals surface area contributed by atoms with E-state index in [1.165, 1.54) is 17.4 Å². The molecular formula is C12H12ClFN2S. The Labute approximate surface area is 108 Å². The third-order valence-electron chi connectivity index (χ3n) is 2.41. The summed E-state index contributed by atoms with van der Waals surface area (Å²) in [5.74, 6) is -0.285. The lowest BCUT2D eigenvalue weighted by Crippen LogP contribution is -2.02. The molecule has 0 unspecified atom stereocenters. The molecule has 0 aliphatic rings. The summed E-state index contributed by atoms with van der Waals surface area (Å²) in [5, 5.41) is 3.17. The molecule has 0 radical (unpaired) electrons. The van der Waals surface area contributed by atoms with Crippen LogP contribution >= 0.6 is 22.9 Å². The van der Waals surface area contributed by atoms with Gasteiger partial charge in [0.15, 0.2) is 0 Å². The van der Waals surface area contributed by atoms with Crippen LogP contribution < -0.4 is 11.1 Å². The Morgan fingerprint density at radius 2 is 2.18 bits per heavy atom. The summed E-state index contributed by atoms with van der Waals surface area (Å²) >= 11 is 7.34. The molecule has 0 aliphatic heterocycles. The maximum absolute atomic E-state index is 13.2. The number of nitrogen functional groups attached to an aromatic ring is 1. The average Bonchev–Trinajstić information content (AvgIpc) is 2.68. The van der Waals surface area contributed by atoms with Crippen LogP contribution in [0.3, 0.4) is 0 Å². The van der Waals surface area contributed by atoms with Crippen LogP contribution in [0, 0.1) is 12.7 Å². The van der Waals surface area contributed by atoms with Gasteiger partial charge in [0.05, 0.1) is 15.7 Å². The number of thiophene rings is 1. The van der Waals surface area contributed by atoms with Crippen molar-refractivity contribution in [1.29, 1.82) is 0 Å². The van der Waals surface area contributed by atoms with Crippen molar-refractivity contribution < 1.29 is 4.39 Å². The highest BCUT2D eigenvalue weighted by Gasteiger charge is 2.05. The highest BCUT2D eigenvalue weighted by Crippen LogP contribution is 2.25. The van der Waals surface area contributed by atoms with Gasteiger partial charge in [-0.2, -0.15) is 0 Å². The van der Waals surface area contributed by atoms with E-state index in [9.17, 15) is 4.39 Å². The van der Waals surface area contributed by atoms with Gasteiger partial charge in [-0.1, -0.05) is 11.6 Å². The standard InChI is InChI=1S/C12H12ClFN2S/c1-7-4-11(10(15)5-9(7)14)16-6-8-2-3-12(13)17-8/h2-5,16H,6,15H2,1H3. The van der Waals surface area contributed by atoms with E-state index < -0.39 is 0 Å². The normalized spacial score (nSPS) is 10.5. The monoisotopic (exact) mass is 270 g/mol. The van der Waals surface area contributed by atoms with Crippen LogP contribution in [0.1, 0.15) is 10.4 Å². The molecule has 2 aromatic rings. The second-order valence-electron chi connectivity index (χ2n) is 3.75. The first-order chi connectivity index (χ1) is 8.06. The van der Waals surface area contributed by atoms with Crippen molar-refractivity contribution in [2.24, 2.45) is 0 Å². The average molecular weight is 271 g/mol. The topological polar surface area (TPSA) is 38.0 Å². The first-order valence-corrected chi connectivity index (χ1v) is 6.29. The first kappa shape index (κ1) is 12.2. The Morgan fingerprint density at radius 3 is 2.82 bits per heavy atom. The summed E-state index contributed by atoms with van der Waals surface area (Å²) in [6.07, 6.45) is 0. The zero-order valence-electron chi connectivity index (χ0n) is 9.26. The smallest absolute Gasteiger partial charge is 0.128 e. The minimum absolute atomic E-state index is 0.285. The van der Waals surface area contributed by atoms with Gasteiger partial charge in [-0.15, -0.1) is 11.3 Å². The second kappa shape index (κ2) is 4.94. The lowest BCUT2D eigenvalue weighted by atomic mass is 10.2. The quantitative estimate of drug-likeness (QED) is 0.826. The molecule has 17 heavy (non-hydrogen) atoms.